The lowest BCUT2D eigenvalue weighted by molar-refractivity contribution is 0.326. The fourth-order valence-electron chi connectivity index (χ4n) is 6.06. The molecule has 1 aliphatic heterocycles. The van der Waals surface area contributed by atoms with E-state index in [-0.39, 0.29) is 11.8 Å². The third-order valence-corrected chi connectivity index (χ3v) is 12.2. The summed E-state index contributed by atoms with van der Waals surface area (Å²) in [6, 6.07) is 7.88. The number of methoxy groups -OCH3 is 2. The van der Waals surface area contributed by atoms with E-state index in [0.29, 0.717) is 17.4 Å². The highest BCUT2D eigenvalue weighted by atomic mass is 31.2. The van der Waals surface area contributed by atoms with E-state index in [1.807, 2.05) is 32.0 Å². The summed E-state index contributed by atoms with van der Waals surface area (Å²) in [7, 11) is 0.465. The lowest BCUT2D eigenvalue weighted by atomic mass is 9.78. The largest absolute Gasteiger partial charge is 0.502 e. The van der Waals surface area contributed by atoms with Gasteiger partial charge in [-0.15, -0.1) is 0 Å². The number of ether oxygens (including phenoxy) is 2. The topological polar surface area (TPSA) is 80.7 Å². The molecule has 7 heteroatoms. The number of pyridine rings is 1. The van der Waals surface area contributed by atoms with Crippen LogP contribution in [0.3, 0.4) is 0 Å². The Labute approximate surface area is 197 Å². The Morgan fingerprint density at radius 2 is 1.82 bits per heavy atom. The summed E-state index contributed by atoms with van der Waals surface area (Å²) in [5.74, 6) is 1.15. The Bertz CT molecular complexity index is 1050. The number of aryl methyl sites for hydroxylation is 2. The monoisotopic (exact) mass is 472 g/mol. The second-order valence-electron chi connectivity index (χ2n) is 9.87. The third kappa shape index (κ3) is 4.12. The average Bonchev–Trinajstić information content (AvgIpc) is 3.16. The first-order valence-electron chi connectivity index (χ1n) is 12.0. The van der Waals surface area contributed by atoms with E-state index in [9.17, 15) is 9.67 Å². The maximum Gasteiger partial charge on any atom is 0.200 e. The molecule has 33 heavy (non-hydrogen) atoms. The average molecular weight is 473 g/mol. The van der Waals surface area contributed by atoms with Gasteiger partial charge in [0.2, 0.25) is 5.75 Å². The first kappa shape index (κ1) is 23.9. The van der Waals surface area contributed by atoms with Crippen molar-refractivity contribution in [2.45, 2.75) is 64.1 Å². The van der Waals surface area contributed by atoms with Gasteiger partial charge in [-0.1, -0.05) is 19.8 Å². The van der Waals surface area contributed by atoms with Crippen LogP contribution < -0.4 is 14.8 Å². The Morgan fingerprint density at radius 3 is 2.39 bits per heavy atom. The minimum absolute atomic E-state index is 0.00968. The zero-order valence-corrected chi connectivity index (χ0v) is 21.4. The molecule has 1 aromatic carbocycles. The zero-order chi connectivity index (χ0) is 23.8. The van der Waals surface area contributed by atoms with Gasteiger partial charge in [0.1, 0.15) is 7.14 Å². The predicted molar refractivity (Wildman–Crippen MR) is 134 cm³/mol. The predicted octanol–water partition coefficient (Wildman–Crippen LogP) is 6.07. The maximum absolute atomic E-state index is 14.9. The van der Waals surface area contributed by atoms with Crippen LogP contribution in [0.25, 0.3) is 0 Å². The Hall–Kier alpha value is -2.20. The van der Waals surface area contributed by atoms with Crippen LogP contribution in [0.15, 0.2) is 24.3 Å². The molecular weight excluding hydrogens is 435 g/mol. The fraction of sp³-hybridized carbons (Fsp3) is 0.577. The number of nitrogens with zero attached hydrogens (tertiary/aromatic N) is 1. The van der Waals surface area contributed by atoms with E-state index in [0.717, 1.165) is 67.1 Å². The number of hydrogen-bond donors (Lipinski definition) is 2. The molecule has 1 saturated heterocycles. The molecule has 4 atom stereocenters. The Balaban J connectivity index is 1.91. The molecule has 2 aromatic rings. The smallest absolute Gasteiger partial charge is 0.200 e. The quantitative estimate of drug-likeness (QED) is 0.497. The van der Waals surface area contributed by atoms with Crippen molar-refractivity contribution in [2.24, 2.45) is 5.92 Å². The normalized spacial score (nSPS) is 29.6. The van der Waals surface area contributed by atoms with Gasteiger partial charge in [-0.25, -0.2) is 0 Å². The Morgan fingerprint density at radius 1 is 1.12 bits per heavy atom. The molecule has 0 spiro atoms. The van der Waals surface area contributed by atoms with E-state index < -0.39 is 12.3 Å². The zero-order valence-electron chi connectivity index (χ0n) is 20.5. The van der Waals surface area contributed by atoms with Crippen molar-refractivity contribution >= 4 is 12.8 Å². The molecular formula is C26H37N2O4P. The maximum atomic E-state index is 14.9. The van der Waals surface area contributed by atoms with Crippen LogP contribution in [0, 0.1) is 19.8 Å². The molecule has 1 saturated carbocycles. The van der Waals surface area contributed by atoms with Crippen LogP contribution in [0.4, 0.5) is 5.69 Å². The highest BCUT2D eigenvalue weighted by molar-refractivity contribution is 7.65. The van der Waals surface area contributed by atoms with Gasteiger partial charge >= 0.3 is 0 Å². The molecule has 2 fully saturated rings. The SMILES string of the molecule is COc1cc(C2(P3(=O)CC[C@H](C)C3)CCCCC2Nc2ccc(C)nc2C)cc(OC)c1O. The number of benzene rings is 1. The summed E-state index contributed by atoms with van der Waals surface area (Å²) < 4.78 is 26.0. The molecule has 6 nitrogen and oxygen atoms in total. The van der Waals surface area contributed by atoms with Crippen LogP contribution in [0.2, 0.25) is 0 Å². The van der Waals surface area contributed by atoms with Gasteiger partial charge < -0.3 is 24.5 Å². The molecule has 4 rings (SSSR count). The molecule has 2 heterocycles. The van der Waals surface area contributed by atoms with E-state index in [1.165, 1.54) is 0 Å². The molecule has 0 radical (unpaired) electrons. The molecule has 1 aliphatic carbocycles. The number of anilines is 1. The van der Waals surface area contributed by atoms with Crippen LogP contribution in [-0.2, 0) is 9.72 Å². The summed E-state index contributed by atoms with van der Waals surface area (Å²) in [5, 5.41) is 13.8. The van der Waals surface area contributed by atoms with E-state index in [1.54, 1.807) is 14.2 Å². The lowest BCUT2D eigenvalue weighted by Crippen LogP contribution is -2.47. The summed E-state index contributed by atoms with van der Waals surface area (Å²) in [5.41, 5.74) is 3.88. The van der Waals surface area contributed by atoms with Crippen LogP contribution in [0.1, 0.15) is 56.0 Å². The number of phenolic OH excluding ortho intramolecular Hbond substituents is 1. The Kier molecular flexibility index (Phi) is 6.68. The molecule has 0 amide bonds. The van der Waals surface area contributed by atoms with Crippen molar-refractivity contribution in [3.05, 3.63) is 41.2 Å². The van der Waals surface area contributed by atoms with E-state index >= 15 is 0 Å². The third-order valence-electron chi connectivity index (χ3n) is 7.73. The van der Waals surface area contributed by atoms with Crippen molar-refractivity contribution in [1.82, 2.24) is 4.98 Å². The molecule has 180 valence electrons. The number of aromatic hydroxyl groups is 1. The van der Waals surface area contributed by atoms with Gasteiger partial charge in [0.05, 0.1) is 30.8 Å². The molecule has 3 unspecified atom stereocenters. The fourth-order valence-corrected chi connectivity index (χ4v) is 10.9. The van der Waals surface area contributed by atoms with Crippen molar-refractivity contribution < 1.29 is 19.1 Å². The second kappa shape index (κ2) is 9.21. The van der Waals surface area contributed by atoms with Crippen molar-refractivity contribution in [1.29, 1.82) is 0 Å². The molecule has 2 N–H and O–H groups in total. The van der Waals surface area contributed by atoms with Crippen molar-refractivity contribution in [2.75, 3.05) is 31.9 Å². The van der Waals surface area contributed by atoms with Crippen LogP contribution in [0.5, 0.6) is 17.2 Å². The van der Waals surface area contributed by atoms with E-state index in [4.69, 9.17) is 9.47 Å². The van der Waals surface area contributed by atoms with Gasteiger partial charge in [-0.05, 0) is 68.9 Å². The minimum atomic E-state index is -2.62. The number of rotatable bonds is 6. The highest BCUT2D eigenvalue weighted by Crippen LogP contribution is 2.73. The summed E-state index contributed by atoms with van der Waals surface area (Å²) >= 11 is 0. The van der Waals surface area contributed by atoms with Crippen molar-refractivity contribution in [3.63, 3.8) is 0 Å². The summed E-state index contributed by atoms with van der Waals surface area (Å²) in [4.78, 5) is 4.65. The van der Waals surface area contributed by atoms with Crippen LogP contribution in [-0.4, -0.2) is 42.7 Å². The first-order chi connectivity index (χ1) is 15.7. The van der Waals surface area contributed by atoms with Crippen molar-refractivity contribution in [3.8, 4) is 17.2 Å². The van der Waals surface area contributed by atoms with Gasteiger partial charge in [-0.2, -0.15) is 0 Å². The standard InChI is InChI=1S/C26H37N2O4P/c1-17-11-13-33(30,16-17)26(20-14-22(31-4)25(29)23(15-20)32-5)12-7-6-8-24(26)28-21-10-9-18(2)27-19(21)3/h9-10,14-15,17,24,28-29H,6-8,11-13,16H2,1-5H3/t17-,24?,26?,33?/m0/s1. The first-order valence-corrected chi connectivity index (χ1v) is 14.1. The van der Waals surface area contributed by atoms with Gasteiger partial charge in [0, 0.05) is 24.1 Å². The van der Waals surface area contributed by atoms with E-state index in [2.05, 4.69) is 23.3 Å². The number of hydrogen-bond acceptors (Lipinski definition) is 6. The lowest BCUT2D eigenvalue weighted by Gasteiger charge is -2.49. The molecule has 1 aromatic heterocycles. The highest BCUT2D eigenvalue weighted by Gasteiger charge is 2.57. The number of phenols is 1. The summed E-state index contributed by atoms with van der Waals surface area (Å²) in [6.07, 6.45) is 6.36. The van der Waals surface area contributed by atoms with Gasteiger partial charge in [0.25, 0.3) is 0 Å². The van der Waals surface area contributed by atoms with Crippen LogP contribution >= 0.6 is 7.14 Å². The summed E-state index contributed by atoms with van der Waals surface area (Å²) in [6.45, 7) is 6.23. The van der Waals surface area contributed by atoms with Gasteiger partial charge in [0.15, 0.2) is 11.5 Å². The number of aromatic nitrogens is 1. The minimum Gasteiger partial charge on any atom is -0.502 e. The van der Waals surface area contributed by atoms with Gasteiger partial charge in [-0.3, -0.25) is 4.98 Å². The second-order valence-corrected chi connectivity index (χ2v) is 13.3. The molecule has 2 aliphatic rings. The number of nitrogens with one attached hydrogen (secondary N) is 1. The molecule has 0 bridgehead atoms.